The van der Waals surface area contributed by atoms with Gasteiger partial charge in [-0.05, 0) is 23.8 Å². The molecule has 0 aliphatic heterocycles. The summed E-state index contributed by atoms with van der Waals surface area (Å²) in [6, 6.07) is 5.64. The van der Waals surface area contributed by atoms with E-state index in [0.717, 1.165) is 10.7 Å². The van der Waals surface area contributed by atoms with Crippen molar-refractivity contribution >= 4 is 0 Å². The monoisotopic (exact) mass is 251 g/mol. The average Bonchev–Trinajstić information content (AvgIpc) is 2.75. The van der Waals surface area contributed by atoms with Crippen LogP contribution in [0.4, 0.5) is 13.2 Å². The largest absolute Gasteiger partial charge is 0.266 e. The molecule has 3 nitrogen and oxygen atoms in total. The van der Waals surface area contributed by atoms with Crippen LogP contribution in [0.25, 0.3) is 11.1 Å². The van der Waals surface area contributed by atoms with Crippen molar-refractivity contribution in [3.05, 3.63) is 42.0 Å². The number of rotatable bonds is 3. The number of hydrogen-bond donors (Lipinski definition) is 0. The SMILES string of the molecule is N#Cc1cc(F)cc(-c2cnn(CC(F)F)c2)c1. The van der Waals surface area contributed by atoms with Gasteiger partial charge in [0, 0.05) is 11.8 Å². The van der Waals surface area contributed by atoms with E-state index < -0.39 is 18.8 Å². The summed E-state index contributed by atoms with van der Waals surface area (Å²) in [7, 11) is 0. The van der Waals surface area contributed by atoms with Gasteiger partial charge < -0.3 is 0 Å². The van der Waals surface area contributed by atoms with Crippen LogP contribution in [0.15, 0.2) is 30.6 Å². The molecule has 0 atom stereocenters. The smallest absolute Gasteiger partial charge is 0.257 e. The van der Waals surface area contributed by atoms with Crippen LogP contribution in [-0.4, -0.2) is 16.2 Å². The van der Waals surface area contributed by atoms with E-state index in [9.17, 15) is 13.2 Å². The lowest BCUT2D eigenvalue weighted by Crippen LogP contribution is -2.06. The third-order valence-corrected chi connectivity index (χ3v) is 2.32. The summed E-state index contributed by atoms with van der Waals surface area (Å²) in [5, 5.41) is 12.5. The summed E-state index contributed by atoms with van der Waals surface area (Å²) >= 11 is 0. The van der Waals surface area contributed by atoms with E-state index >= 15 is 0 Å². The molecule has 0 bridgehead atoms. The van der Waals surface area contributed by atoms with Crippen LogP contribution >= 0.6 is 0 Å². The van der Waals surface area contributed by atoms with Crippen LogP contribution in [0, 0.1) is 17.1 Å². The Balaban J connectivity index is 2.34. The molecular weight excluding hydrogens is 243 g/mol. The number of nitrogens with zero attached hydrogens (tertiary/aromatic N) is 3. The molecule has 0 amide bonds. The number of hydrogen-bond acceptors (Lipinski definition) is 2. The highest BCUT2D eigenvalue weighted by Gasteiger charge is 2.08. The van der Waals surface area contributed by atoms with Gasteiger partial charge in [-0.1, -0.05) is 0 Å². The van der Waals surface area contributed by atoms with Crippen molar-refractivity contribution in [1.82, 2.24) is 9.78 Å². The molecule has 1 aromatic carbocycles. The Bertz CT molecular complexity index is 599. The van der Waals surface area contributed by atoms with Gasteiger partial charge in [-0.15, -0.1) is 0 Å². The van der Waals surface area contributed by atoms with Crippen molar-refractivity contribution in [1.29, 1.82) is 5.26 Å². The quantitative estimate of drug-likeness (QED) is 0.841. The summed E-state index contributed by atoms with van der Waals surface area (Å²) in [6.45, 7) is -0.513. The van der Waals surface area contributed by atoms with E-state index in [1.807, 2.05) is 6.07 Å². The molecule has 0 radical (unpaired) electrons. The number of nitriles is 1. The molecule has 0 aliphatic carbocycles. The van der Waals surface area contributed by atoms with Crippen LogP contribution in [0.3, 0.4) is 0 Å². The third-order valence-electron chi connectivity index (χ3n) is 2.32. The second-order valence-electron chi connectivity index (χ2n) is 3.68. The first-order valence-electron chi connectivity index (χ1n) is 5.10. The zero-order valence-electron chi connectivity index (χ0n) is 9.15. The van der Waals surface area contributed by atoms with Gasteiger partial charge in [0.1, 0.15) is 12.4 Å². The zero-order valence-corrected chi connectivity index (χ0v) is 9.15. The van der Waals surface area contributed by atoms with Gasteiger partial charge in [0.15, 0.2) is 0 Å². The van der Waals surface area contributed by atoms with Crippen LogP contribution < -0.4 is 0 Å². The van der Waals surface area contributed by atoms with E-state index in [2.05, 4.69) is 5.10 Å². The van der Waals surface area contributed by atoms with E-state index in [0.29, 0.717) is 11.1 Å². The van der Waals surface area contributed by atoms with E-state index in [1.165, 1.54) is 24.5 Å². The van der Waals surface area contributed by atoms with Crippen molar-refractivity contribution in [3.8, 4) is 17.2 Å². The summed E-state index contributed by atoms with van der Waals surface area (Å²) in [5.41, 5.74) is 1.10. The van der Waals surface area contributed by atoms with Crippen molar-refractivity contribution < 1.29 is 13.2 Å². The normalized spacial score (nSPS) is 10.6. The Hall–Kier alpha value is -2.29. The molecule has 6 heteroatoms. The number of aromatic nitrogens is 2. The second kappa shape index (κ2) is 4.92. The lowest BCUT2D eigenvalue weighted by molar-refractivity contribution is 0.122. The van der Waals surface area contributed by atoms with Gasteiger partial charge in [-0.3, -0.25) is 4.68 Å². The molecule has 0 spiro atoms. The molecule has 0 aliphatic rings. The minimum atomic E-state index is -2.50. The highest BCUT2D eigenvalue weighted by Crippen LogP contribution is 2.21. The number of benzene rings is 1. The topological polar surface area (TPSA) is 41.6 Å². The van der Waals surface area contributed by atoms with Gasteiger partial charge in [0.25, 0.3) is 6.43 Å². The van der Waals surface area contributed by atoms with E-state index in [1.54, 1.807) is 0 Å². The third kappa shape index (κ3) is 2.69. The maximum Gasteiger partial charge on any atom is 0.257 e. The Labute approximate surface area is 101 Å². The molecule has 0 N–H and O–H groups in total. The van der Waals surface area contributed by atoms with Crippen molar-refractivity contribution in [3.63, 3.8) is 0 Å². The Morgan fingerprint density at radius 2 is 2.06 bits per heavy atom. The first-order chi connectivity index (χ1) is 8.58. The van der Waals surface area contributed by atoms with Crippen molar-refractivity contribution in [2.45, 2.75) is 13.0 Å². The summed E-state index contributed by atoms with van der Waals surface area (Å²) in [6.07, 6.45) is 0.250. The second-order valence-corrected chi connectivity index (χ2v) is 3.68. The fourth-order valence-electron chi connectivity index (χ4n) is 1.57. The first kappa shape index (κ1) is 12.2. The molecule has 92 valence electrons. The van der Waals surface area contributed by atoms with Crippen molar-refractivity contribution in [2.75, 3.05) is 0 Å². The minimum Gasteiger partial charge on any atom is -0.266 e. The first-order valence-corrected chi connectivity index (χ1v) is 5.10. The molecule has 0 fully saturated rings. The lowest BCUT2D eigenvalue weighted by atomic mass is 10.1. The average molecular weight is 251 g/mol. The Morgan fingerprint density at radius 3 is 2.72 bits per heavy atom. The molecule has 2 aromatic rings. The summed E-state index contributed by atoms with van der Waals surface area (Å²) in [5.74, 6) is -0.550. The maximum absolute atomic E-state index is 13.2. The molecule has 1 aromatic heterocycles. The molecule has 0 saturated heterocycles. The summed E-state index contributed by atoms with van der Waals surface area (Å²) in [4.78, 5) is 0. The van der Waals surface area contributed by atoms with Crippen LogP contribution in [0.2, 0.25) is 0 Å². The van der Waals surface area contributed by atoms with Gasteiger partial charge in [0.2, 0.25) is 0 Å². The number of alkyl halides is 2. The molecule has 0 saturated carbocycles. The predicted molar refractivity (Wildman–Crippen MR) is 58.3 cm³/mol. The predicted octanol–water partition coefficient (Wildman–Crippen LogP) is 2.83. The molecule has 2 rings (SSSR count). The van der Waals surface area contributed by atoms with Crippen LogP contribution in [-0.2, 0) is 6.54 Å². The van der Waals surface area contributed by atoms with E-state index in [-0.39, 0.29) is 5.56 Å². The fourth-order valence-corrected chi connectivity index (χ4v) is 1.57. The molecule has 1 heterocycles. The van der Waals surface area contributed by atoms with Gasteiger partial charge in [0.05, 0.1) is 17.8 Å². The van der Waals surface area contributed by atoms with Gasteiger partial charge in [-0.25, -0.2) is 13.2 Å². The standard InChI is InChI=1S/C12H8F3N3/c13-11-2-8(4-16)1-9(3-11)10-5-17-18(6-10)7-12(14)15/h1-3,5-6,12H,7H2. The van der Waals surface area contributed by atoms with Crippen molar-refractivity contribution in [2.24, 2.45) is 0 Å². The Kier molecular flexibility index (Phi) is 3.33. The highest BCUT2D eigenvalue weighted by atomic mass is 19.3. The van der Waals surface area contributed by atoms with Crippen LogP contribution in [0.5, 0.6) is 0 Å². The lowest BCUT2D eigenvalue weighted by Gasteiger charge is -2.00. The molecular formula is C12H8F3N3. The maximum atomic E-state index is 13.2. The van der Waals surface area contributed by atoms with E-state index in [4.69, 9.17) is 5.26 Å². The zero-order chi connectivity index (χ0) is 13.1. The van der Waals surface area contributed by atoms with Gasteiger partial charge in [-0.2, -0.15) is 10.4 Å². The Morgan fingerprint density at radius 1 is 1.28 bits per heavy atom. The summed E-state index contributed by atoms with van der Waals surface area (Å²) < 4.78 is 38.6. The minimum absolute atomic E-state index is 0.173. The molecule has 18 heavy (non-hydrogen) atoms. The van der Waals surface area contributed by atoms with Crippen LogP contribution in [0.1, 0.15) is 5.56 Å². The molecule has 0 unspecified atom stereocenters. The highest BCUT2D eigenvalue weighted by molar-refractivity contribution is 5.63. The fraction of sp³-hybridized carbons (Fsp3) is 0.167. The van der Waals surface area contributed by atoms with Gasteiger partial charge >= 0.3 is 0 Å². The number of halogens is 3.